The van der Waals surface area contributed by atoms with E-state index in [4.69, 9.17) is 17.5 Å². The highest BCUT2D eigenvalue weighted by Crippen LogP contribution is 2.16. The lowest BCUT2D eigenvalue weighted by Gasteiger charge is -2.24. The first-order valence-electron chi connectivity index (χ1n) is 3.96. The van der Waals surface area contributed by atoms with Crippen LogP contribution in [0.2, 0.25) is 0 Å². The van der Waals surface area contributed by atoms with Gasteiger partial charge in [0.2, 0.25) is 0 Å². The summed E-state index contributed by atoms with van der Waals surface area (Å²) in [5, 5.41) is 0. The molecular formula is C7H16N2O4S. The van der Waals surface area contributed by atoms with Crippen molar-refractivity contribution in [3.8, 4) is 0 Å². The van der Waals surface area contributed by atoms with Gasteiger partial charge in [-0.15, -0.1) is 0 Å². The van der Waals surface area contributed by atoms with Gasteiger partial charge in [-0.25, -0.2) is 0 Å². The van der Waals surface area contributed by atoms with Gasteiger partial charge in [0.1, 0.15) is 0 Å². The molecule has 6 nitrogen and oxygen atoms in total. The van der Waals surface area contributed by atoms with Crippen LogP contribution >= 0.6 is 0 Å². The maximum Gasteiger partial charge on any atom is 0.394 e. The maximum atomic E-state index is 8.74. The molecule has 0 aromatic rings. The third-order valence-corrected chi connectivity index (χ3v) is 2.10. The molecule has 0 amide bonds. The Morgan fingerprint density at radius 2 is 1.71 bits per heavy atom. The number of rotatable bonds is 0. The molecule has 0 aromatic heterocycles. The maximum absolute atomic E-state index is 8.74. The molecule has 0 aromatic carbocycles. The highest BCUT2D eigenvalue weighted by atomic mass is 32.3. The van der Waals surface area contributed by atoms with Gasteiger partial charge in [0.15, 0.2) is 0 Å². The second-order valence-electron chi connectivity index (χ2n) is 3.13. The largest absolute Gasteiger partial charge is 0.394 e. The molecule has 0 spiro atoms. The number of allylic oxidation sites excluding steroid dienone is 1. The molecule has 1 rings (SSSR count). The first-order chi connectivity index (χ1) is 6.13. The molecule has 1 heterocycles. The Balaban J connectivity index is 0.000000292. The van der Waals surface area contributed by atoms with Crippen molar-refractivity contribution in [2.45, 2.75) is 20.0 Å². The highest BCUT2D eigenvalue weighted by Gasteiger charge is 2.18. The monoisotopic (exact) mass is 224 g/mol. The second-order valence-corrected chi connectivity index (χ2v) is 4.02. The Morgan fingerprint density at radius 1 is 1.36 bits per heavy atom. The van der Waals surface area contributed by atoms with Crippen molar-refractivity contribution < 1.29 is 17.5 Å². The van der Waals surface area contributed by atoms with Gasteiger partial charge < -0.3 is 9.80 Å². The van der Waals surface area contributed by atoms with Crippen LogP contribution in [-0.2, 0) is 10.4 Å². The summed E-state index contributed by atoms with van der Waals surface area (Å²) >= 11 is 0. The fourth-order valence-electron chi connectivity index (χ4n) is 1.06. The smallest absolute Gasteiger partial charge is 0.359 e. The lowest BCUT2D eigenvalue weighted by Crippen LogP contribution is -2.31. The van der Waals surface area contributed by atoms with Crippen molar-refractivity contribution in [3.63, 3.8) is 0 Å². The Hall–Kier alpha value is -0.790. The van der Waals surface area contributed by atoms with Gasteiger partial charge in [-0.3, -0.25) is 9.11 Å². The number of hydrogen-bond acceptors (Lipinski definition) is 4. The van der Waals surface area contributed by atoms with E-state index in [2.05, 4.69) is 43.9 Å². The van der Waals surface area contributed by atoms with Crippen molar-refractivity contribution in [1.82, 2.24) is 9.80 Å². The molecule has 1 aliphatic rings. The van der Waals surface area contributed by atoms with Gasteiger partial charge in [-0.1, -0.05) is 0 Å². The molecule has 7 heteroatoms. The van der Waals surface area contributed by atoms with E-state index in [1.807, 2.05) is 0 Å². The van der Waals surface area contributed by atoms with Crippen molar-refractivity contribution >= 4 is 10.4 Å². The van der Waals surface area contributed by atoms with Crippen LogP contribution in [0.5, 0.6) is 0 Å². The molecule has 14 heavy (non-hydrogen) atoms. The zero-order valence-corrected chi connectivity index (χ0v) is 9.48. The van der Waals surface area contributed by atoms with Gasteiger partial charge >= 0.3 is 10.4 Å². The zero-order valence-electron chi connectivity index (χ0n) is 8.67. The minimum atomic E-state index is -4.67. The topological polar surface area (TPSA) is 81.1 Å². The Kier molecular flexibility index (Phi) is 4.37. The fraction of sp³-hybridized carbons (Fsp3) is 0.714. The summed E-state index contributed by atoms with van der Waals surface area (Å²) < 4.78 is 31.6. The number of hydrogen-bond donors (Lipinski definition) is 2. The molecule has 0 radical (unpaired) electrons. The van der Waals surface area contributed by atoms with Crippen LogP contribution in [0.4, 0.5) is 0 Å². The normalized spacial score (nSPS) is 21.6. The lowest BCUT2D eigenvalue weighted by atomic mass is 10.5. The summed E-state index contributed by atoms with van der Waals surface area (Å²) in [6.07, 6.45) is 2.69. The Bertz CT molecular complexity index is 304. The van der Waals surface area contributed by atoms with Crippen LogP contribution in [0.15, 0.2) is 11.9 Å². The van der Waals surface area contributed by atoms with Crippen molar-refractivity contribution in [2.24, 2.45) is 0 Å². The first kappa shape index (κ1) is 13.2. The highest BCUT2D eigenvalue weighted by molar-refractivity contribution is 7.79. The average molecular weight is 224 g/mol. The van der Waals surface area contributed by atoms with E-state index in [0.717, 1.165) is 0 Å². The van der Waals surface area contributed by atoms with E-state index in [1.165, 1.54) is 5.70 Å². The van der Waals surface area contributed by atoms with Gasteiger partial charge in [0.05, 0.1) is 6.17 Å². The molecule has 0 bridgehead atoms. The molecule has 84 valence electrons. The van der Waals surface area contributed by atoms with Gasteiger partial charge in [0, 0.05) is 26.0 Å². The van der Waals surface area contributed by atoms with E-state index < -0.39 is 10.4 Å². The summed E-state index contributed by atoms with van der Waals surface area (Å²) in [5.74, 6) is 0. The van der Waals surface area contributed by atoms with E-state index in [0.29, 0.717) is 6.17 Å². The molecule has 0 saturated heterocycles. The number of nitrogens with zero attached hydrogens (tertiary/aromatic N) is 2. The van der Waals surface area contributed by atoms with Crippen molar-refractivity contribution in [1.29, 1.82) is 0 Å². The van der Waals surface area contributed by atoms with E-state index in [-0.39, 0.29) is 0 Å². The molecule has 1 unspecified atom stereocenters. The molecule has 1 atom stereocenters. The molecule has 1 aliphatic heterocycles. The average Bonchev–Trinajstić information content (AvgIpc) is 2.14. The van der Waals surface area contributed by atoms with Crippen LogP contribution in [0, 0.1) is 0 Å². The molecule has 0 aliphatic carbocycles. The fourth-order valence-corrected chi connectivity index (χ4v) is 1.06. The minimum Gasteiger partial charge on any atom is -0.359 e. The summed E-state index contributed by atoms with van der Waals surface area (Å²) in [4.78, 5) is 4.45. The SMILES string of the molecule is CC1=CN(C)C(C)N1C.O=S(=O)(O)O. The van der Waals surface area contributed by atoms with Crippen LogP contribution < -0.4 is 0 Å². The van der Waals surface area contributed by atoms with E-state index in [1.54, 1.807) is 0 Å². The summed E-state index contributed by atoms with van der Waals surface area (Å²) in [5.41, 5.74) is 1.34. The van der Waals surface area contributed by atoms with Crippen LogP contribution in [0.25, 0.3) is 0 Å². The Morgan fingerprint density at radius 3 is 1.79 bits per heavy atom. The van der Waals surface area contributed by atoms with Gasteiger partial charge in [-0.05, 0) is 13.8 Å². The summed E-state index contributed by atoms with van der Waals surface area (Å²) in [6, 6.07) is 0. The van der Waals surface area contributed by atoms with Crippen LogP contribution in [0.1, 0.15) is 13.8 Å². The summed E-state index contributed by atoms with van der Waals surface area (Å²) in [7, 11) is -0.461. The standard InChI is InChI=1S/C7H14N2.H2O4S/c1-6-5-8(3)7(2)9(6)4;1-5(2,3)4/h5,7H,1-4H3;(H2,1,2,3,4). The molecule has 0 fully saturated rings. The van der Waals surface area contributed by atoms with Crippen molar-refractivity contribution in [3.05, 3.63) is 11.9 Å². The van der Waals surface area contributed by atoms with Gasteiger partial charge in [-0.2, -0.15) is 8.42 Å². The summed E-state index contributed by atoms with van der Waals surface area (Å²) in [6.45, 7) is 4.31. The molecule has 0 saturated carbocycles. The molecule has 2 N–H and O–H groups in total. The predicted molar refractivity (Wildman–Crippen MR) is 52.9 cm³/mol. The van der Waals surface area contributed by atoms with E-state index in [9.17, 15) is 0 Å². The first-order valence-corrected chi connectivity index (χ1v) is 5.35. The van der Waals surface area contributed by atoms with Crippen LogP contribution in [0.3, 0.4) is 0 Å². The predicted octanol–water partition coefficient (Wildman–Crippen LogP) is 0.418. The third kappa shape index (κ3) is 5.05. The minimum absolute atomic E-state index is 0.532. The lowest BCUT2D eigenvalue weighted by molar-refractivity contribution is 0.217. The molecular weight excluding hydrogens is 208 g/mol. The zero-order chi connectivity index (χ0) is 11.5. The van der Waals surface area contributed by atoms with Crippen LogP contribution in [-0.4, -0.2) is 47.6 Å². The third-order valence-electron chi connectivity index (χ3n) is 2.10. The second kappa shape index (κ2) is 4.63. The Labute approximate surface area is 84.4 Å². The van der Waals surface area contributed by atoms with E-state index >= 15 is 0 Å². The van der Waals surface area contributed by atoms with Gasteiger partial charge in [0.25, 0.3) is 0 Å². The van der Waals surface area contributed by atoms with Crippen molar-refractivity contribution in [2.75, 3.05) is 14.1 Å². The quantitative estimate of drug-likeness (QED) is 0.580.